The molecule has 0 aromatic carbocycles. The van der Waals surface area contributed by atoms with E-state index in [1.807, 2.05) is 0 Å². The molecule has 0 aliphatic heterocycles. The summed E-state index contributed by atoms with van der Waals surface area (Å²) in [6.07, 6.45) is -0.144. The maximum Gasteiger partial charge on any atom is 2.00 e. The molecule has 7 heteroatoms. The van der Waals surface area contributed by atoms with Crippen molar-refractivity contribution in [2.45, 2.75) is 39.5 Å². The molecule has 0 N–H and O–H groups in total. The molecule has 0 aliphatic carbocycles. The third kappa shape index (κ3) is 31.3. The zero-order valence-electron chi connectivity index (χ0n) is 9.99. The van der Waals surface area contributed by atoms with Gasteiger partial charge in [0, 0.05) is 24.8 Å². The van der Waals surface area contributed by atoms with Gasteiger partial charge in [0.05, 0.1) is 0 Å². The fraction of sp³-hybridized carbons (Fsp3) is 0.600. The van der Waals surface area contributed by atoms with Gasteiger partial charge in [0.25, 0.3) is 0 Å². The average molecular weight is 318 g/mol. The molecular formula is C10H14O6Sr. The standard InChI is InChI=1S/2C5H8O3.Sr/c2*1-4(6)2-3-5(7)8;/h2*2-3H2,1H3,(H,7,8);/q;;+2/p-2. The minimum atomic E-state index is -1.17. The Bertz CT molecular complexity index is 218. The molecule has 0 radical (unpaired) electrons. The van der Waals surface area contributed by atoms with Crippen molar-refractivity contribution in [3.05, 3.63) is 0 Å². The van der Waals surface area contributed by atoms with Crippen molar-refractivity contribution >= 4 is 69.0 Å². The van der Waals surface area contributed by atoms with E-state index in [1.54, 1.807) is 0 Å². The van der Waals surface area contributed by atoms with E-state index in [2.05, 4.69) is 0 Å². The second kappa shape index (κ2) is 13.8. The number of carbonyl (C=O) groups excluding carboxylic acids is 4. The predicted molar refractivity (Wildman–Crippen MR) is 55.6 cm³/mol. The molecule has 0 saturated heterocycles. The van der Waals surface area contributed by atoms with Gasteiger partial charge < -0.3 is 29.4 Å². The number of rotatable bonds is 6. The van der Waals surface area contributed by atoms with Gasteiger partial charge in [-0.25, -0.2) is 0 Å². The Labute approximate surface area is 137 Å². The first kappa shape index (κ1) is 22.0. The van der Waals surface area contributed by atoms with Gasteiger partial charge in [-0.1, -0.05) is 0 Å². The summed E-state index contributed by atoms with van der Waals surface area (Å²) < 4.78 is 0. The molecule has 0 unspecified atom stereocenters. The largest absolute Gasteiger partial charge is 2.00 e. The Kier molecular flexibility index (Phi) is 17.9. The number of carbonyl (C=O) groups is 4. The van der Waals surface area contributed by atoms with Crippen LogP contribution in [0, 0.1) is 0 Å². The molecule has 0 bridgehead atoms. The molecule has 0 saturated carbocycles. The van der Waals surface area contributed by atoms with Crippen LogP contribution in [0.5, 0.6) is 0 Å². The number of carboxylic acid groups (broad SMARTS) is 2. The first-order valence-electron chi connectivity index (χ1n) is 4.64. The minimum Gasteiger partial charge on any atom is -0.550 e. The number of carboxylic acids is 2. The molecule has 0 fully saturated rings. The topological polar surface area (TPSA) is 114 Å². The van der Waals surface area contributed by atoms with Crippen LogP contribution in [0.2, 0.25) is 0 Å². The molecule has 0 spiro atoms. The molecule has 0 atom stereocenters. The maximum absolute atomic E-state index is 10.1. The molecule has 92 valence electrons. The van der Waals surface area contributed by atoms with E-state index in [1.165, 1.54) is 13.8 Å². The first-order chi connectivity index (χ1) is 7.25. The SMILES string of the molecule is CC(=O)CCC(=O)[O-].CC(=O)CCC(=O)[O-].[Sr+2]. The molecule has 0 amide bonds. The predicted octanol–water partition coefficient (Wildman–Crippen LogP) is -2.17. The summed E-state index contributed by atoms with van der Waals surface area (Å²) in [7, 11) is 0. The van der Waals surface area contributed by atoms with E-state index in [9.17, 15) is 29.4 Å². The van der Waals surface area contributed by atoms with E-state index in [0.717, 1.165) is 0 Å². The van der Waals surface area contributed by atoms with Gasteiger partial charge >= 0.3 is 45.5 Å². The smallest absolute Gasteiger partial charge is 0.550 e. The summed E-state index contributed by atoms with van der Waals surface area (Å²) in [6, 6.07) is 0. The van der Waals surface area contributed by atoms with E-state index >= 15 is 0 Å². The second-order valence-corrected chi connectivity index (χ2v) is 3.15. The number of Topliss-reactive ketones (excluding diaryl/α,β-unsaturated/α-hetero) is 2. The summed E-state index contributed by atoms with van der Waals surface area (Å²) >= 11 is 0. The maximum atomic E-state index is 10.1. The Hall–Kier alpha value is -0.239. The molecular weight excluding hydrogens is 304 g/mol. The van der Waals surface area contributed by atoms with Gasteiger partial charge in [0.2, 0.25) is 0 Å². The van der Waals surface area contributed by atoms with Crippen molar-refractivity contribution in [3.8, 4) is 0 Å². The zero-order valence-corrected chi connectivity index (χ0v) is 13.5. The molecule has 0 aromatic heterocycles. The second-order valence-electron chi connectivity index (χ2n) is 3.15. The average Bonchev–Trinajstić information content (AvgIpc) is 2.12. The van der Waals surface area contributed by atoms with Crippen molar-refractivity contribution in [3.63, 3.8) is 0 Å². The van der Waals surface area contributed by atoms with Crippen LogP contribution in [-0.2, 0) is 19.2 Å². The number of ketones is 2. The Morgan fingerprint density at radius 3 is 1.00 bits per heavy atom. The molecule has 0 aromatic rings. The molecule has 0 heterocycles. The summed E-state index contributed by atoms with van der Waals surface area (Å²) in [5.41, 5.74) is 0. The van der Waals surface area contributed by atoms with Crippen LogP contribution in [-0.4, -0.2) is 69.0 Å². The van der Waals surface area contributed by atoms with Crippen molar-refractivity contribution in [2.75, 3.05) is 0 Å². The molecule has 6 nitrogen and oxygen atoms in total. The van der Waals surface area contributed by atoms with E-state index in [4.69, 9.17) is 0 Å². The first-order valence-corrected chi connectivity index (χ1v) is 4.64. The summed E-state index contributed by atoms with van der Waals surface area (Å²) in [5.74, 6) is -2.57. The van der Waals surface area contributed by atoms with Crippen LogP contribution in [0.1, 0.15) is 39.5 Å². The monoisotopic (exact) mass is 318 g/mol. The van der Waals surface area contributed by atoms with Crippen LogP contribution in [0.3, 0.4) is 0 Å². The third-order valence-electron chi connectivity index (χ3n) is 1.36. The van der Waals surface area contributed by atoms with Crippen LogP contribution < -0.4 is 10.2 Å². The van der Waals surface area contributed by atoms with Crippen molar-refractivity contribution in [2.24, 2.45) is 0 Å². The van der Waals surface area contributed by atoms with Crippen molar-refractivity contribution < 1.29 is 29.4 Å². The van der Waals surface area contributed by atoms with E-state index < -0.39 is 11.9 Å². The Morgan fingerprint density at radius 2 is 0.941 bits per heavy atom. The van der Waals surface area contributed by atoms with Crippen molar-refractivity contribution in [1.82, 2.24) is 0 Å². The van der Waals surface area contributed by atoms with Gasteiger partial charge in [0.1, 0.15) is 11.6 Å². The van der Waals surface area contributed by atoms with Gasteiger partial charge in [0.15, 0.2) is 0 Å². The zero-order chi connectivity index (χ0) is 13.1. The minimum absolute atomic E-state index is 0. The van der Waals surface area contributed by atoms with Crippen LogP contribution >= 0.6 is 0 Å². The van der Waals surface area contributed by atoms with E-state index in [0.29, 0.717) is 0 Å². The number of hydrogen-bond donors (Lipinski definition) is 0. The van der Waals surface area contributed by atoms with Crippen LogP contribution in [0.15, 0.2) is 0 Å². The molecule has 0 aliphatic rings. The third-order valence-corrected chi connectivity index (χ3v) is 1.36. The quantitative estimate of drug-likeness (QED) is 0.515. The Balaban J connectivity index is -0.000000218. The van der Waals surface area contributed by atoms with E-state index in [-0.39, 0.29) is 82.7 Å². The Morgan fingerprint density at radius 1 is 0.706 bits per heavy atom. The van der Waals surface area contributed by atoms with Crippen molar-refractivity contribution in [1.29, 1.82) is 0 Å². The number of hydrogen-bond acceptors (Lipinski definition) is 6. The van der Waals surface area contributed by atoms with Gasteiger partial charge in [-0.15, -0.1) is 0 Å². The summed E-state index contributed by atoms with van der Waals surface area (Å²) in [5, 5.41) is 19.3. The molecule has 17 heavy (non-hydrogen) atoms. The van der Waals surface area contributed by atoms with Crippen LogP contribution in [0.4, 0.5) is 0 Å². The van der Waals surface area contributed by atoms with Crippen LogP contribution in [0.25, 0.3) is 0 Å². The fourth-order valence-electron chi connectivity index (χ4n) is 0.556. The van der Waals surface area contributed by atoms with Gasteiger partial charge in [-0.2, -0.15) is 0 Å². The fourth-order valence-corrected chi connectivity index (χ4v) is 0.556. The van der Waals surface area contributed by atoms with Gasteiger partial charge in [-0.3, -0.25) is 0 Å². The normalized spacial score (nSPS) is 8.12. The summed E-state index contributed by atoms with van der Waals surface area (Å²) in [4.78, 5) is 39.4. The van der Waals surface area contributed by atoms with Gasteiger partial charge in [-0.05, 0) is 26.7 Å². The summed E-state index contributed by atoms with van der Waals surface area (Å²) in [6.45, 7) is 2.70. The number of aliphatic carboxylic acids is 2. The molecule has 0 rings (SSSR count).